The molecule has 0 saturated heterocycles. The highest BCUT2D eigenvalue weighted by Crippen LogP contribution is 1.69. The van der Waals surface area contributed by atoms with Gasteiger partial charge in [0.2, 0.25) is 10.0 Å². The lowest BCUT2D eigenvalue weighted by Crippen LogP contribution is -2.05. The number of primary sulfonamides is 1. The molecular weight excluding hydrogens is 146 g/mol. The van der Waals surface area contributed by atoms with Gasteiger partial charge in [-0.25, -0.2) is 13.6 Å². The minimum Gasteiger partial charge on any atom is -0.483 e. The van der Waals surface area contributed by atoms with Crippen molar-refractivity contribution in [3.8, 4) is 0 Å². The van der Waals surface area contributed by atoms with E-state index < -0.39 is 10.0 Å². The van der Waals surface area contributed by atoms with Gasteiger partial charge in [-0.2, -0.15) is 0 Å². The maximum atomic E-state index is 9.66. The Bertz CT molecular complexity index is 159. The molecule has 54 valence electrons. The Balaban J connectivity index is 0. The Morgan fingerprint density at radius 2 is 1.67 bits per heavy atom. The van der Waals surface area contributed by atoms with Crippen LogP contribution in [0.3, 0.4) is 0 Å². The maximum absolute atomic E-state index is 9.66. The predicted molar refractivity (Wildman–Crippen MR) is 32.0 cm³/mol. The van der Waals surface area contributed by atoms with E-state index in [1.165, 1.54) is 0 Å². The molecule has 0 atom stereocenters. The third-order valence-corrected chi connectivity index (χ3v) is 0.697. The highest BCUT2D eigenvalue weighted by atomic mass is 32.2. The van der Waals surface area contributed by atoms with Gasteiger partial charge >= 0.3 is 0 Å². The van der Waals surface area contributed by atoms with Crippen LogP contribution >= 0.6 is 0 Å². The fraction of sp³-hybridized carbons (Fsp3) is 0. The molecular formula is C3H7NO4S. The Morgan fingerprint density at radius 3 is 1.67 bits per heavy atom. The van der Waals surface area contributed by atoms with Gasteiger partial charge in [0.1, 0.15) is 0 Å². The summed E-state index contributed by atoms with van der Waals surface area (Å²) in [7, 11) is -3.40. The van der Waals surface area contributed by atoms with Gasteiger partial charge in [-0.1, -0.05) is 6.58 Å². The fourth-order valence-electron chi connectivity index (χ4n) is 0. The van der Waals surface area contributed by atoms with Gasteiger partial charge in [-0.3, -0.25) is 4.79 Å². The molecule has 6 heteroatoms. The third kappa shape index (κ3) is 41.5. The second-order valence-corrected chi connectivity index (χ2v) is 2.37. The van der Waals surface area contributed by atoms with Crippen LogP contribution in [-0.2, 0) is 14.8 Å². The van der Waals surface area contributed by atoms with Gasteiger partial charge in [-0.05, 0) is 0 Å². The van der Waals surface area contributed by atoms with Crippen LogP contribution in [0.25, 0.3) is 0 Å². The summed E-state index contributed by atoms with van der Waals surface area (Å²) >= 11 is 0. The van der Waals surface area contributed by atoms with E-state index >= 15 is 0 Å². The first-order valence-electron chi connectivity index (χ1n) is 1.71. The van der Waals surface area contributed by atoms with Gasteiger partial charge < -0.3 is 5.11 Å². The lowest BCUT2D eigenvalue weighted by molar-refractivity contribution is -0.122. The van der Waals surface area contributed by atoms with Crippen molar-refractivity contribution < 1.29 is 18.3 Å². The second kappa shape index (κ2) is 5.26. The molecule has 5 nitrogen and oxygen atoms in total. The zero-order valence-corrected chi connectivity index (χ0v) is 5.34. The summed E-state index contributed by atoms with van der Waals surface area (Å²) in [5.41, 5.74) is 0. The smallest absolute Gasteiger partial charge is 0.290 e. The van der Waals surface area contributed by atoms with Crippen LogP contribution in [0, 0.1) is 0 Å². The van der Waals surface area contributed by atoms with E-state index in [1.54, 1.807) is 0 Å². The van der Waals surface area contributed by atoms with Crippen molar-refractivity contribution in [2.24, 2.45) is 5.14 Å². The lowest BCUT2D eigenvalue weighted by Gasteiger charge is -1.75. The van der Waals surface area contributed by atoms with E-state index in [0.717, 1.165) is 0 Å². The highest BCUT2D eigenvalue weighted by molar-refractivity contribution is 7.92. The average molecular weight is 153 g/mol. The molecule has 0 fully saturated rings. The zero-order valence-electron chi connectivity index (χ0n) is 4.52. The van der Waals surface area contributed by atoms with Gasteiger partial charge in [0.25, 0.3) is 6.47 Å². The van der Waals surface area contributed by atoms with Crippen LogP contribution in [0.1, 0.15) is 0 Å². The van der Waals surface area contributed by atoms with Gasteiger partial charge in [-0.15, -0.1) is 0 Å². The minimum atomic E-state index is -3.40. The fourth-order valence-corrected chi connectivity index (χ4v) is 0. The number of carboxylic acid groups (broad SMARTS) is 1. The molecule has 0 unspecified atom stereocenters. The molecule has 0 bridgehead atoms. The van der Waals surface area contributed by atoms with E-state index in [1.807, 2.05) is 0 Å². The molecule has 0 aliphatic rings. The number of rotatable bonds is 1. The summed E-state index contributed by atoms with van der Waals surface area (Å²) in [6, 6.07) is 0. The maximum Gasteiger partial charge on any atom is 0.290 e. The van der Waals surface area contributed by atoms with E-state index in [9.17, 15) is 8.42 Å². The van der Waals surface area contributed by atoms with E-state index in [4.69, 9.17) is 9.90 Å². The molecule has 0 rings (SSSR count). The van der Waals surface area contributed by atoms with E-state index in [-0.39, 0.29) is 6.47 Å². The van der Waals surface area contributed by atoms with Crippen molar-refractivity contribution in [2.45, 2.75) is 0 Å². The molecule has 0 saturated carbocycles. The topological polar surface area (TPSA) is 97.5 Å². The van der Waals surface area contributed by atoms with Crippen molar-refractivity contribution >= 4 is 16.5 Å². The van der Waals surface area contributed by atoms with Crippen molar-refractivity contribution in [3.63, 3.8) is 0 Å². The number of hydrogen-bond acceptors (Lipinski definition) is 3. The molecule has 0 aliphatic carbocycles. The normalized spacial score (nSPS) is 8.56. The number of sulfonamides is 1. The van der Waals surface area contributed by atoms with Crippen LogP contribution in [-0.4, -0.2) is 20.0 Å². The van der Waals surface area contributed by atoms with E-state index in [2.05, 4.69) is 11.7 Å². The van der Waals surface area contributed by atoms with Gasteiger partial charge in [0.15, 0.2) is 0 Å². The third-order valence-electron chi connectivity index (χ3n) is 0.232. The summed E-state index contributed by atoms with van der Waals surface area (Å²) in [5.74, 6) is 0. The van der Waals surface area contributed by atoms with E-state index in [0.29, 0.717) is 5.41 Å². The van der Waals surface area contributed by atoms with Crippen molar-refractivity contribution in [3.05, 3.63) is 12.0 Å². The predicted octanol–water partition coefficient (Wildman–Crippen LogP) is -0.881. The first-order chi connectivity index (χ1) is 3.97. The van der Waals surface area contributed by atoms with Crippen LogP contribution in [0.4, 0.5) is 0 Å². The minimum absolute atomic E-state index is 0.250. The summed E-state index contributed by atoms with van der Waals surface area (Å²) < 4.78 is 19.3. The van der Waals surface area contributed by atoms with Crippen molar-refractivity contribution in [2.75, 3.05) is 0 Å². The first kappa shape index (κ1) is 11.0. The summed E-state index contributed by atoms with van der Waals surface area (Å²) in [6.07, 6.45) is 0. The molecule has 9 heavy (non-hydrogen) atoms. The summed E-state index contributed by atoms with van der Waals surface area (Å²) in [4.78, 5) is 8.36. The Kier molecular flexibility index (Phi) is 6.42. The van der Waals surface area contributed by atoms with Crippen molar-refractivity contribution in [1.82, 2.24) is 0 Å². The molecule has 3 N–H and O–H groups in total. The summed E-state index contributed by atoms with van der Waals surface area (Å²) in [6.45, 7) is 2.67. The lowest BCUT2D eigenvalue weighted by atomic mass is 11.3. The molecule has 0 aliphatic heterocycles. The quantitative estimate of drug-likeness (QED) is 0.478. The highest BCUT2D eigenvalue weighted by Gasteiger charge is 1.85. The average Bonchev–Trinajstić information content (AvgIpc) is 1.67. The Morgan fingerprint density at radius 1 is 1.56 bits per heavy atom. The van der Waals surface area contributed by atoms with Gasteiger partial charge in [0, 0.05) is 5.41 Å². The molecule has 0 aromatic carbocycles. The van der Waals surface area contributed by atoms with Crippen LogP contribution < -0.4 is 5.14 Å². The first-order valence-corrected chi connectivity index (χ1v) is 3.32. The molecule has 0 heterocycles. The molecule has 0 amide bonds. The van der Waals surface area contributed by atoms with Gasteiger partial charge in [0.05, 0.1) is 0 Å². The molecule has 0 aromatic heterocycles. The number of nitrogens with two attached hydrogens (primary N) is 1. The van der Waals surface area contributed by atoms with Crippen LogP contribution in [0.2, 0.25) is 0 Å². The number of carbonyl (C=O) groups is 1. The zero-order chi connectivity index (χ0) is 7.91. The Hall–Kier alpha value is -0.880. The molecule has 0 spiro atoms. The standard InChI is InChI=1S/C2H5NO2S.CH2O2/c1-2-6(3,4)5;2-1-3/h2H,1H2,(H2,3,4,5);1H,(H,2,3). The second-order valence-electron chi connectivity index (χ2n) is 0.861. The largest absolute Gasteiger partial charge is 0.483 e. The molecule has 0 radical (unpaired) electrons. The Labute approximate surface area is 52.8 Å². The monoisotopic (exact) mass is 153 g/mol. The van der Waals surface area contributed by atoms with Crippen LogP contribution in [0.5, 0.6) is 0 Å². The SMILES string of the molecule is C=CS(N)(=O)=O.O=CO. The summed E-state index contributed by atoms with van der Waals surface area (Å²) in [5, 5.41) is 12.0. The van der Waals surface area contributed by atoms with Crippen LogP contribution in [0.15, 0.2) is 12.0 Å². The number of hydrogen-bond donors (Lipinski definition) is 2. The van der Waals surface area contributed by atoms with Crippen molar-refractivity contribution in [1.29, 1.82) is 0 Å². The molecule has 0 aromatic rings.